The third-order valence-electron chi connectivity index (χ3n) is 3.34. The van der Waals surface area contributed by atoms with Crippen LogP contribution in [0.25, 0.3) is 0 Å². The summed E-state index contributed by atoms with van der Waals surface area (Å²) in [6.45, 7) is 8.63. The molecule has 0 aliphatic heterocycles. The second kappa shape index (κ2) is 9.30. The monoisotopic (exact) mass is 308 g/mol. The van der Waals surface area contributed by atoms with Crippen LogP contribution in [-0.4, -0.2) is 37.8 Å². The summed E-state index contributed by atoms with van der Waals surface area (Å²) in [5.74, 6) is 0.567. The Balaban J connectivity index is 2.74. The van der Waals surface area contributed by atoms with Gasteiger partial charge in [0.1, 0.15) is 12.3 Å². The molecule has 2 N–H and O–H groups in total. The van der Waals surface area contributed by atoms with Crippen LogP contribution < -0.4 is 15.0 Å². The standard InChI is InChI=1S/C17H28N2O3/c1-5-22-16-10-14(11-18-9-8-13(2)3)6-7-15(16)19(4)12-17(20)21/h6-7,10,13,18H,5,8-9,11-12H2,1-4H3,(H,20,21). The Kier molecular flexibility index (Phi) is 7.74. The quantitative estimate of drug-likeness (QED) is 0.651. The molecule has 0 saturated carbocycles. The topological polar surface area (TPSA) is 61.8 Å². The summed E-state index contributed by atoms with van der Waals surface area (Å²) in [5, 5.41) is 12.3. The van der Waals surface area contributed by atoms with Gasteiger partial charge >= 0.3 is 5.97 Å². The van der Waals surface area contributed by atoms with Crippen LogP contribution in [0.1, 0.15) is 32.8 Å². The summed E-state index contributed by atoms with van der Waals surface area (Å²) < 4.78 is 5.66. The number of anilines is 1. The highest BCUT2D eigenvalue weighted by atomic mass is 16.5. The van der Waals surface area contributed by atoms with Crippen molar-refractivity contribution in [2.24, 2.45) is 5.92 Å². The van der Waals surface area contributed by atoms with Gasteiger partial charge in [0, 0.05) is 13.6 Å². The van der Waals surface area contributed by atoms with E-state index in [0.29, 0.717) is 12.5 Å². The van der Waals surface area contributed by atoms with E-state index < -0.39 is 5.97 Å². The number of likely N-dealkylation sites (N-methyl/N-ethyl adjacent to an activating group) is 1. The highest BCUT2D eigenvalue weighted by molar-refractivity contribution is 5.75. The molecule has 0 spiro atoms. The average Bonchev–Trinajstić information content (AvgIpc) is 2.43. The molecular formula is C17H28N2O3. The van der Waals surface area contributed by atoms with Crippen LogP contribution in [0.2, 0.25) is 0 Å². The van der Waals surface area contributed by atoms with Gasteiger partial charge in [-0.2, -0.15) is 0 Å². The molecule has 0 atom stereocenters. The molecule has 1 rings (SSSR count). The summed E-state index contributed by atoms with van der Waals surface area (Å²) in [6, 6.07) is 5.92. The molecule has 0 heterocycles. The van der Waals surface area contributed by atoms with E-state index in [2.05, 4.69) is 19.2 Å². The van der Waals surface area contributed by atoms with Crippen molar-refractivity contribution in [2.45, 2.75) is 33.7 Å². The molecule has 5 heteroatoms. The minimum atomic E-state index is -0.857. The Morgan fingerprint density at radius 1 is 1.41 bits per heavy atom. The van der Waals surface area contributed by atoms with Gasteiger partial charge in [-0.05, 0) is 43.5 Å². The largest absolute Gasteiger partial charge is 0.492 e. The zero-order chi connectivity index (χ0) is 16.5. The van der Waals surface area contributed by atoms with Crippen molar-refractivity contribution in [1.29, 1.82) is 0 Å². The zero-order valence-electron chi connectivity index (χ0n) is 14.1. The third-order valence-corrected chi connectivity index (χ3v) is 3.34. The van der Waals surface area contributed by atoms with Gasteiger partial charge in [0.05, 0.1) is 12.3 Å². The maximum Gasteiger partial charge on any atom is 0.323 e. The minimum absolute atomic E-state index is 0.0495. The summed E-state index contributed by atoms with van der Waals surface area (Å²) in [4.78, 5) is 12.5. The Hall–Kier alpha value is -1.75. The molecule has 0 bridgehead atoms. The van der Waals surface area contributed by atoms with Crippen molar-refractivity contribution < 1.29 is 14.6 Å². The molecule has 0 saturated heterocycles. The van der Waals surface area contributed by atoms with Gasteiger partial charge in [0.15, 0.2) is 0 Å². The predicted molar refractivity (Wildman–Crippen MR) is 89.7 cm³/mol. The van der Waals surface area contributed by atoms with Crippen LogP contribution in [0, 0.1) is 5.92 Å². The molecule has 1 aromatic rings. The second-order valence-electron chi connectivity index (χ2n) is 5.84. The van der Waals surface area contributed by atoms with E-state index in [-0.39, 0.29) is 6.54 Å². The van der Waals surface area contributed by atoms with Crippen molar-refractivity contribution in [1.82, 2.24) is 5.32 Å². The van der Waals surface area contributed by atoms with Crippen LogP contribution in [0.3, 0.4) is 0 Å². The van der Waals surface area contributed by atoms with Crippen LogP contribution in [-0.2, 0) is 11.3 Å². The highest BCUT2D eigenvalue weighted by Crippen LogP contribution is 2.28. The van der Waals surface area contributed by atoms with Gasteiger partial charge in [-0.15, -0.1) is 0 Å². The number of nitrogens with one attached hydrogen (secondary N) is 1. The van der Waals surface area contributed by atoms with E-state index in [4.69, 9.17) is 9.84 Å². The smallest absolute Gasteiger partial charge is 0.323 e. The fraction of sp³-hybridized carbons (Fsp3) is 0.588. The first-order valence-electron chi connectivity index (χ1n) is 7.83. The maximum atomic E-state index is 10.9. The number of benzene rings is 1. The van der Waals surface area contributed by atoms with Crippen LogP contribution in [0.5, 0.6) is 5.75 Å². The van der Waals surface area contributed by atoms with Crippen LogP contribution in [0.4, 0.5) is 5.69 Å². The molecular weight excluding hydrogens is 280 g/mol. The van der Waals surface area contributed by atoms with Crippen LogP contribution in [0.15, 0.2) is 18.2 Å². The van der Waals surface area contributed by atoms with Gasteiger partial charge in [-0.25, -0.2) is 0 Å². The number of carboxylic acid groups (broad SMARTS) is 1. The molecule has 0 radical (unpaired) electrons. The number of hydrogen-bond acceptors (Lipinski definition) is 4. The van der Waals surface area contributed by atoms with E-state index in [9.17, 15) is 4.79 Å². The van der Waals surface area contributed by atoms with Gasteiger partial charge < -0.3 is 20.1 Å². The first-order chi connectivity index (χ1) is 10.4. The summed E-state index contributed by atoms with van der Waals surface area (Å²) >= 11 is 0. The van der Waals surface area contributed by atoms with Crippen molar-refractivity contribution in [2.75, 3.05) is 31.6 Å². The third kappa shape index (κ3) is 6.35. The van der Waals surface area contributed by atoms with Crippen molar-refractivity contribution in [3.8, 4) is 5.75 Å². The summed E-state index contributed by atoms with van der Waals surface area (Å²) in [5.41, 5.74) is 1.94. The lowest BCUT2D eigenvalue weighted by atomic mass is 10.1. The Labute approximate surface area is 133 Å². The molecule has 0 amide bonds. The maximum absolute atomic E-state index is 10.9. The fourth-order valence-corrected chi connectivity index (χ4v) is 2.17. The lowest BCUT2D eigenvalue weighted by Crippen LogP contribution is -2.25. The van der Waals surface area contributed by atoms with E-state index in [1.165, 1.54) is 0 Å². The Morgan fingerprint density at radius 3 is 2.73 bits per heavy atom. The van der Waals surface area contributed by atoms with Gasteiger partial charge in [-0.3, -0.25) is 4.79 Å². The highest BCUT2D eigenvalue weighted by Gasteiger charge is 2.12. The van der Waals surface area contributed by atoms with Gasteiger partial charge in [-0.1, -0.05) is 19.9 Å². The molecule has 124 valence electrons. The van der Waals surface area contributed by atoms with Gasteiger partial charge in [0.25, 0.3) is 0 Å². The molecule has 0 aliphatic rings. The van der Waals surface area contributed by atoms with Crippen molar-refractivity contribution >= 4 is 11.7 Å². The Bertz CT molecular complexity index is 475. The molecule has 0 fully saturated rings. The first-order valence-corrected chi connectivity index (χ1v) is 7.83. The Morgan fingerprint density at radius 2 is 2.14 bits per heavy atom. The SMILES string of the molecule is CCOc1cc(CNCCC(C)C)ccc1N(C)CC(=O)O. The fourth-order valence-electron chi connectivity index (χ4n) is 2.17. The van der Waals surface area contributed by atoms with Crippen LogP contribution >= 0.6 is 0 Å². The number of rotatable bonds is 10. The number of ether oxygens (including phenoxy) is 1. The molecule has 0 aliphatic carbocycles. The summed E-state index contributed by atoms with van der Waals surface area (Å²) in [6.07, 6.45) is 1.15. The van der Waals surface area contributed by atoms with E-state index in [1.54, 1.807) is 11.9 Å². The van der Waals surface area contributed by atoms with E-state index in [1.807, 2.05) is 25.1 Å². The minimum Gasteiger partial charge on any atom is -0.492 e. The van der Waals surface area contributed by atoms with E-state index >= 15 is 0 Å². The zero-order valence-corrected chi connectivity index (χ0v) is 14.1. The number of aliphatic carboxylic acids is 1. The molecule has 0 unspecified atom stereocenters. The van der Waals surface area contributed by atoms with E-state index in [0.717, 1.165) is 36.5 Å². The number of hydrogen-bond donors (Lipinski definition) is 2. The van der Waals surface area contributed by atoms with Crippen molar-refractivity contribution in [3.63, 3.8) is 0 Å². The normalized spacial score (nSPS) is 10.8. The summed E-state index contributed by atoms with van der Waals surface area (Å²) in [7, 11) is 1.76. The molecule has 5 nitrogen and oxygen atoms in total. The molecule has 0 aromatic heterocycles. The molecule has 1 aromatic carbocycles. The second-order valence-corrected chi connectivity index (χ2v) is 5.84. The van der Waals surface area contributed by atoms with Gasteiger partial charge in [0.2, 0.25) is 0 Å². The lowest BCUT2D eigenvalue weighted by Gasteiger charge is -2.21. The predicted octanol–water partition coefficient (Wildman–Crippen LogP) is 2.74. The first kappa shape index (κ1) is 18.3. The molecule has 22 heavy (non-hydrogen) atoms. The average molecular weight is 308 g/mol. The lowest BCUT2D eigenvalue weighted by molar-refractivity contribution is -0.135. The number of carbonyl (C=O) groups is 1. The number of nitrogens with zero attached hydrogens (tertiary/aromatic N) is 1. The van der Waals surface area contributed by atoms with Crippen molar-refractivity contribution in [3.05, 3.63) is 23.8 Å². The number of carboxylic acids is 1.